The molecule has 0 aromatic carbocycles. The van der Waals surface area contributed by atoms with Crippen LogP contribution in [0.1, 0.15) is 27.2 Å². The normalized spacial score (nSPS) is 16.3. The molecule has 5 heteroatoms. The van der Waals surface area contributed by atoms with Gasteiger partial charge in [0.25, 0.3) is 0 Å². The molecule has 0 saturated carbocycles. The number of rotatable bonds is 8. The first-order valence-electron chi connectivity index (χ1n) is 5.41. The van der Waals surface area contributed by atoms with Gasteiger partial charge in [-0.05, 0) is 6.42 Å². The molecule has 0 rings (SSSR count). The maximum absolute atomic E-state index is 11.2. The molecule has 2 N–H and O–H groups in total. The second kappa shape index (κ2) is 6.45. The van der Waals surface area contributed by atoms with Crippen molar-refractivity contribution in [3.8, 4) is 0 Å². The second-order valence-electron chi connectivity index (χ2n) is 4.24. The van der Waals surface area contributed by atoms with Crippen molar-refractivity contribution in [3.63, 3.8) is 0 Å². The van der Waals surface area contributed by atoms with Crippen molar-refractivity contribution in [1.82, 2.24) is 5.32 Å². The van der Waals surface area contributed by atoms with Crippen LogP contribution in [0.25, 0.3) is 0 Å². The third-order valence-corrected chi connectivity index (χ3v) is 4.52. The van der Waals surface area contributed by atoms with Crippen LogP contribution in [-0.2, 0) is 9.84 Å². The molecule has 0 aliphatic carbocycles. The average Bonchev–Trinajstić information content (AvgIpc) is 2.24. The first-order chi connectivity index (χ1) is 6.89. The van der Waals surface area contributed by atoms with E-state index >= 15 is 0 Å². The van der Waals surface area contributed by atoms with Crippen molar-refractivity contribution in [2.24, 2.45) is 5.41 Å². The smallest absolute Gasteiger partial charge is 0.151 e. The average molecular weight is 237 g/mol. The van der Waals surface area contributed by atoms with Crippen molar-refractivity contribution in [3.05, 3.63) is 0 Å². The molecule has 0 aliphatic heterocycles. The molecular formula is C10H23NO3S. The van der Waals surface area contributed by atoms with Gasteiger partial charge in [-0.25, -0.2) is 8.42 Å². The molecule has 0 aromatic rings. The summed E-state index contributed by atoms with van der Waals surface area (Å²) in [5.41, 5.74) is -0.143. The lowest BCUT2D eigenvalue weighted by Gasteiger charge is -2.25. The standard InChI is InChI=1S/C10H23NO3S/c1-4-10(3,9-12)8-11-6-7-15(13,14)5-2/h11-12H,4-9H2,1-3H3. The highest BCUT2D eigenvalue weighted by molar-refractivity contribution is 7.91. The maximum Gasteiger partial charge on any atom is 0.151 e. The van der Waals surface area contributed by atoms with Gasteiger partial charge in [0.05, 0.1) is 5.75 Å². The Balaban J connectivity index is 3.81. The topological polar surface area (TPSA) is 66.4 Å². The number of sulfone groups is 1. The van der Waals surface area contributed by atoms with Crippen molar-refractivity contribution >= 4 is 9.84 Å². The minimum Gasteiger partial charge on any atom is -0.396 e. The van der Waals surface area contributed by atoms with Crippen LogP contribution in [-0.4, -0.2) is 44.7 Å². The van der Waals surface area contributed by atoms with E-state index in [9.17, 15) is 8.42 Å². The summed E-state index contributed by atoms with van der Waals surface area (Å²) in [6.45, 7) is 6.89. The Hall–Kier alpha value is -0.130. The van der Waals surface area contributed by atoms with Crippen molar-refractivity contribution < 1.29 is 13.5 Å². The van der Waals surface area contributed by atoms with Crippen LogP contribution in [0.3, 0.4) is 0 Å². The Morgan fingerprint density at radius 2 is 1.93 bits per heavy atom. The molecule has 4 nitrogen and oxygen atoms in total. The van der Waals surface area contributed by atoms with E-state index in [2.05, 4.69) is 5.32 Å². The van der Waals surface area contributed by atoms with E-state index in [-0.39, 0.29) is 23.5 Å². The number of aliphatic hydroxyl groups is 1. The fraction of sp³-hybridized carbons (Fsp3) is 1.00. The fourth-order valence-electron chi connectivity index (χ4n) is 1.05. The van der Waals surface area contributed by atoms with Gasteiger partial charge in [-0.1, -0.05) is 20.8 Å². The lowest BCUT2D eigenvalue weighted by Crippen LogP contribution is -2.36. The molecule has 0 amide bonds. The molecule has 1 atom stereocenters. The van der Waals surface area contributed by atoms with Gasteiger partial charge in [0.2, 0.25) is 0 Å². The number of nitrogens with one attached hydrogen (secondary N) is 1. The van der Waals surface area contributed by atoms with E-state index in [1.807, 2.05) is 13.8 Å². The van der Waals surface area contributed by atoms with Crippen LogP contribution in [0.15, 0.2) is 0 Å². The molecule has 0 fully saturated rings. The summed E-state index contributed by atoms with van der Waals surface area (Å²) in [5.74, 6) is 0.369. The number of hydrogen-bond acceptors (Lipinski definition) is 4. The summed E-state index contributed by atoms with van der Waals surface area (Å²) in [6.07, 6.45) is 0.872. The first-order valence-corrected chi connectivity index (χ1v) is 7.23. The van der Waals surface area contributed by atoms with Gasteiger partial charge < -0.3 is 10.4 Å². The van der Waals surface area contributed by atoms with E-state index in [1.54, 1.807) is 6.92 Å². The van der Waals surface area contributed by atoms with Crippen LogP contribution >= 0.6 is 0 Å². The van der Waals surface area contributed by atoms with Crippen LogP contribution < -0.4 is 5.32 Å². The van der Waals surface area contributed by atoms with Crippen LogP contribution in [0.4, 0.5) is 0 Å². The minimum atomic E-state index is -2.88. The summed E-state index contributed by atoms with van der Waals surface area (Å²) in [5, 5.41) is 12.2. The fourth-order valence-corrected chi connectivity index (χ4v) is 1.80. The molecule has 0 spiro atoms. The molecule has 15 heavy (non-hydrogen) atoms. The molecule has 0 radical (unpaired) electrons. The summed E-state index contributed by atoms with van der Waals surface area (Å²) < 4.78 is 22.3. The number of hydrogen-bond donors (Lipinski definition) is 2. The zero-order chi connectivity index (χ0) is 11.9. The Morgan fingerprint density at radius 1 is 1.33 bits per heavy atom. The highest BCUT2D eigenvalue weighted by atomic mass is 32.2. The Morgan fingerprint density at radius 3 is 2.33 bits per heavy atom. The van der Waals surface area contributed by atoms with Crippen LogP contribution in [0, 0.1) is 5.41 Å². The molecule has 0 aliphatic rings. The van der Waals surface area contributed by atoms with E-state index in [0.717, 1.165) is 6.42 Å². The van der Waals surface area contributed by atoms with Gasteiger partial charge in [0.15, 0.2) is 9.84 Å². The molecule has 0 aromatic heterocycles. The molecule has 1 unspecified atom stereocenters. The van der Waals surface area contributed by atoms with Crippen LogP contribution in [0.2, 0.25) is 0 Å². The zero-order valence-corrected chi connectivity index (χ0v) is 10.7. The minimum absolute atomic E-state index is 0.122. The van der Waals surface area contributed by atoms with E-state index in [0.29, 0.717) is 13.1 Å². The summed E-state index contributed by atoms with van der Waals surface area (Å²) >= 11 is 0. The quantitative estimate of drug-likeness (QED) is 0.600. The Bertz CT molecular complexity index is 258. The predicted molar refractivity (Wildman–Crippen MR) is 62.7 cm³/mol. The third kappa shape index (κ3) is 6.12. The Kier molecular flexibility index (Phi) is 6.40. The van der Waals surface area contributed by atoms with Gasteiger partial charge in [-0.15, -0.1) is 0 Å². The lowest BCUT2D eigenvalue weighted by molar-refractivity contribution is 0.136. The highest BCUT2D eigenvalue weighted by Crippen LogP contribution is 2.17. The maximum atomic E-state index is 11.2. The Labute approximate surface area is 93.0 Å². The first kappa shape index (κ1) is 14.9. The zero-order valence-electron chi connectivity index (χ0n) is 9.91. The van der Waals surface area contributed by atoms with Crippen LogP contribution in [0.5, 0.6) is 0 Å². The van der Waals surface area contributed by atoms with Gasteiger partial charge in [0.1, 0.15) is 0 Å². The summed E-state index contributed by atoms with van der Waals surface area (Å²) in [6, 6.07) is 0. The van der Waals surface area contributed by atoms with Crippen molar-refractivity contribution in [1.29, 1.82) is 0 Å². The van der Waals surface area contributed by atoms with Crippen molar-refractivity contribution in [2.75, 3.05) is 31.2 Å². The van der Waals surface area contributed by atoms with Crippen molar-refractivity contribution in [2.45, 2.75) is 27.2 Å². The van der Waals surface area contributed by atoms with Gasteiger partial charge in [-0.3, -0.25) is 0 Å². The predicted octanol–water partition coefficient (Wildman–Crippen LogP) is 0.419. The lowest BCUT2D eigenvalue weighted by atomic mass is 9.89. The summed E-state index contributed by atoms with van der Waals surface area (Å²) in [4.78, 5) is 0. The molecule has 0 bridgehead atoms. The molecule has 0 heterocycles. The number of aliphatic hydroxyl groups excluding tert-OH is 1. The third-order valence-electron chi connectivity index (χ3n) is 2.82. The SMILES string of the molecule is CCC(C)(CO)CNCCS(=O)(=O)CC. The van der Waals surface area contributed by atoms with E-state index < -0.39 is 9.84 Å². The second-order valence-corrected chi connectivity index (χ2v) is 6.71. The molecule has 0 saturated heterocycles. The largest absolute Gasteiger partial charge is 0.396 e. The monoisotopic (exact) mass is 237 g/mol. The van der Waals surface area contributed by atoms with Gasteiger partial charge in [0, 0.05) is 30.9 Å². The highest BCUT2D eigenvalue weighted by Gasteiger charge is 2.20. The molecular weight excluding hydrogens is 214 g/mol. The van der Waals surface area contributed by atoms with Gasteiger partial charge >= 0.3 is 0 Å². The van der Waals surface area contributed by atoms with E-state index in [1.165, 1.54) is 0 Å². The van der Waals surface area contributed by atoms with E-state index in [4.69, 9.17) is 5.11 Å². The molecule has 92 valence electrons. The van der Waals surface area contributed by atoms with Gasteiger partial charge in [-0.2, -0.15) is 0 Å². The summed E-state index contributed by atoms with van der Waals surface area (Å²) in [7, 11) is -2.88.